The monoisotopic (exact) mass is 476 g/mol. The van der Waals surface area contributed by atoms with Crippen molar-refractivity contribution in [3.63, 3.8) is 0 Å². The summed E-state index contributed by atoms with van der Waals surface area (Å²) in [7, 11) is 0. The number of alkyl carbamates (subject to hydrolysis) is 1. The SMILES string of the molecule is O=C(CCCCNC(=O)OCC1c2ccccc2-c2ccccc21)NC1C2CCC(C2)C1C(=O)O. The number of carbonyl (C=O) groups excluding carboxylic acids is 2. The van der Waals surface area contributed by atoms with E-state index in [1.165, 1.54) is 22.3 Å². The number of hydrogen-bond acceptors (Lipinski definition) is 4. The summed E-state index contributed by atoms with van der Waals surface area (Å²) in [6, 6.07) is 16.2. The van der Waals surface area contributed by atoms with Gasteiger partial charge < -0.3 is 20.5 Å². The van der Waals surface area contributed by atoms with Crippen LogP contribution in [0.3, 0.4) is 0 Å². The van der Waals surface area contributed by atoms with Crippen molar-refractivity contribution < 1.29 is 24.2 Å². The Morgan fingerprint density at radius 3 is 2.26 bits per heavy atom. The molecule has 3 aliphatic carbocycles. The molecule has 7 nitrogen and oxygen atoms in total. The number of carbonyl (C=O) groups is 3. The molecule has 7 heteroatoms. The Morgan fingerprint density at radius 2 is 1.57 bits per heavy atom. The first-order valence-electron chi connectivity index (χ1n) is 12.6. The van der Waals surface area contributed by atoms with Crippen LogP contribution < -0.4 is 10.6 Å². The number of ether oxygens (including phenoxy) is 1. The number of benzene rings is 2. The molecular formula is C28H32N2O5. The normalized spacial score (nSPS) is 24.0. The molecule has 35 heavy (non-hydrogen) atoms. The van der Waals surface area contributed by atoms with Gasteiger partial charge in [0.2, 0.25) is 5.91 Å². The third-order valence-corrected chi connectivity index (χ3v) is 7.97. The molecule has 2 aromatic carbocycles. The lowest BCUT2D eigenvalue weighted by molar-refractivity contribution is -0.144. The molecular weight excluding hydrogens is 444 g/mol. The number of unbranched alkanes of at least 4 members (excludes halogenated alkanes) is 1. The van der Waals surface area contributed by atoms with Crippen LogP contribution in [0.4, 0.5) is 4.79 Å². The Morgan fingerprint density at radius 1 is 0.914 bits per heavy atom. The lowest BCUT2D eigenvalue weighted by atomic mass is 9.84. The molecule has 2 amide bonds. The van der Waals surface area contributed by atoms with Crippen LogP contribution in [-0.4, -0.2) is 42.3 Å². The number of aliphatic carboxylic acids is 1. The number of fused-ring (bicyclic) bond motifs is 5. The third kappa shape index (κ3) is 4.77. The van der Waals surface area contributed by atoms with E-state index >= 15 is 0 Å². The second-order valence-electron chi connectivity index (χ2n) is 10.00. The topological polar surface area (TPSA) is 105 Å². The summed E-state index contributed by atoms with van der Waals surface area (Å²) < 4.78 is 5.53. The standard InChI is InChI=1S/C28H32N2O5/c31-24(30-26-18-13-12-17(15-18)25(26)27(32)33)11-5-6-14-29-28(34)35-16-23-21-9-3-1-7-19(21)20-8-2-4-10-22(20)23/h1-4,7-10,17-18,23,25-26H,5-6,11-16H2,(H,29,34)(H,30,31)(H,32,33). The molecule has 0 radical (unpaired) electrons. The lowest BCUT2D eigenvalue weighted by Crippen LogP contribution is -2.46. The maximum Gasteiger partial charge on any atom is 0.407 e. The molecule has 3 N–H and O–H groups in total. The summed E-state index contributed by atoms with van der Waals surface area (Å²) in [4.78, 5) is 36.2. The van der Waals surface area contributed by atoms with Crippen molar-refractivity contribution in [1.82, 2.24) is 10.6 Å². The van der Waals surface area contributed by atoms with Crippen molar-refractivity contribution in [2.45, 2.75) is 50.5 Å². The number of carboxylic acids is 1. The largest absolute Gasteiger partial charge is 0.481 e. The minimum absolute atomic E-state index is 0.0253. The van der Waals surface area contributed by atoms with E-state index < -0.39 is 18.0 Å². The summed E-state index contributed by atoms with van der Waals surface area (Å²) in [5.41, 5.74) is 4.73. The van der Waals surface area contributed by atoms with Crippen LogP contribution in [0.1, 0.15) is 55.6 Å². The first-order chi connectivity index (χ1) is 17.0. The van der Waals surface area contributed by atoms with Crippen LogP contribution in [0, 0.1) is 17.8 Å². The molecule has 0 saturated heterocycles. The molecule has 5 rings (SSSR count). The minimum atomic E-state index is -0.796. The average Bonchev–Trinajstić information content (AvgIpc) is 3.54. The first kappa shape index (κ1) is 23.4. The molecule has 2 fully saturated rings. The zero-order valence-corrected chi connectivity index (χ0v) is 19.7. The zero-order valence-electron chi connectivity index (χ0n) is 19.7. The predicted molar refractivity (Wildman–Crippen MR) is 131 cm³/mol. The van der Waals surface area contributed by atoms with E-state index in [4.69, 9.17) is 4.74 Å². The van der Waals surface area contributed by atoms with Crippen molar-refractivity contribution in [2.24, 2.45) is 17.8 Å². The fraction of sp³-hybridized carbons (Fsp3) is 0.464. The quantitative estimate of drug-likeness (QED) is 0.468. The van der Waals surface area contributed by atoms with E-state index in [-0.39, 0.29) is 30.4 Å². The molecule has 0 aromatic heterocycles. The zero-order chi connectivity index (χ0) is 24.4. The van der Waals surface area contributed by atoms with Gasteiger partial charge >= 0.3 is 12.1 Å². The second-order valence-corrected chi connectivity index (χ2v) is 10.00. The summed E-state index contributed by atoms with van der Waals surface area (Å²) in [6.07, 6.45) is 4.00. The van der Waals surface area contributed by atoms with Crippen LogP contribution in [0.15, 0.2) is 48.5 Å². The van der Waals surface area contributed by atoms with Gasteiger partial charge in [-0.3, -0.25) is 9.59 Å². The van der Waals surface area contributed by atoms with E-state index in [0.29, 0.717) is 31.7 Å². The molecule has 3 aliphatic rings. The maximum absolute atomic E-state index is 12.4. The number of rotatable bonds is 9. The third-order valence-electron chi connectivity index (χ3n) is 7.97. The summed E-state index contributed by atoms with van der Waals surface area (Å²) in [5, 5.41) is 15.3. The fourth-order valence-electron chi connectivity index (χ4n) is 6.36. The molecule has 0 heterocycles. The molecule has 2 saturated carbocycles. The Labute approximate surface area is 205 Å². The molecule has 4 atom stereocenters. The highest BCUT2D eigenvalue weighted by molar-refractivity contribution is 5.80. The van der Waals surface area contributed by atoms with E-state index in [9.17, 15) is 19.5 Å². The van der Waals surface area contributed by atoms with E-state index in [1.807, 2.05) is 24.3 Å². The molecule has 0 spiro atoms. The highest BCUT2D eigenvalue weighted by atomic mass is 16.5. The Kier molecular flexibility index (Phi) is 6.75. The molecule has 2 aromatic rings. The number of nitrogens with one attached hydrogen (secondary N) is 2. The molecule has 4 unspecified atom stereocenters. The number of hydrogen-bond donors (Lipinski definition) is 3. The van der Waals surface area contributed by atoms with E-state index in [0.717, 1.165) is 19.3 Å². The molecule has 0 aliphatic heterocycles. The van der Waals surface area contributed by atoms with E-state index in [1.54, 1.807) is 0 Å². The number of amides is 2. The van der Waals surface area contributed by atoms with Gasteiger partial charge in [0.1, 0.15) is 6.61 Å². The van der Waals surface area contributed by atoms with Gasteiger partial charge in [-0.15, -0.1) is 0 Å². The van der Waals surface area contributed by atoms with Crippen LogP contribution in [-0.2, 0) is 14.3 Å². The van der Waals surface area contributed by atoms with Gasteiger partial charge in [0.05, 0.1) is 5.92 Å². The van der Waals surface area contributed by atoms with Gasteiger partial charge in [-0.2, -0.15) is 0 Å². The highest BCUT2D eigenvalue weighted by Gasteiger charge is 2.51. The van der Waals surface area contributed by atoms with Gasteiger partial charge in [-0.1, -0.05) is 48.5 Å². The Bertz CT molecular complexity index is 1070. The van der Waals surface area contributed by atoms with Crippen molar-refractivity contribution in [3.8, 4) is 11.1 Å². The smallest absolute Gasteiger partial charge is 0.407 e. The van der Waals surface area contributed by atoms with Crippen molar-refractivity contribution in [1.29, 1.82) is 0 Å². The fourth-order valence-corrected chi connectivity index (χ4v) is 6.36. The van der Waals surface area contributed by atoms with Gasteiger partial charge in [-0.05, 0) is 66.2 Å². The Balaban J connectivity index is 1.02. The van der Waals surface area contributed by atoms with Gasteiger partial charge in [0.15, 0.2) is 0 Å². The van der Waals surface area contributed by atoms with E-state index in [2.05, 4.69) is 34.9 Å². The number of carboxylic acid groups (broad SMARTS) is 1. The first-order valence-corrected chi connectivity index (χ1v) is 12.6. The van der Waals surface area contributed by atoms with Crippen LogP contribution in [0.5, 0.6) is 0 Å². The maximum atomic E-state index is 12.4. The average molecular weight is 477 g/mol. The second kappa shape index (κ2) is 10.1. The highest BCUT2D eigenvalue weighted by Crippen LogP contribution is 2.48. The van der Waals surface area contributed by atoms with Gasteiger partial charge in [0.25, 0.3) is 0 Å². The van der Waals surface area contributed by atoms with Crippen LogP contribution >= 0.6 is 0 Å². The minimum Gasteiger partial charge on any atom is -0.481 e. The van der Waals surface area contributed by atoms with Crippen LogP contribution in [0.25, 0.3) is 11.1 Å². The van der Waals surface area contributed by atoms with Crippen molar-refractivity contribution >= 4 is 18.0 Å². The lowest BCUT2D eigenvalue weighted by Gasteiger charge is -2.28. The van der Waals surface area contributed by atoms with Crippen LogP contribution in [0.2, 0.25) is 0 Å². The van der Waals surface area contributed by atoms with Gasteiger partial charge in [0, 0.05) is 24.9 Å². The van der Waals surface area contributed by atoms with Gasteiger partial charge in [-0.25, -0.2) is 4.79 Å². The van der Waals surface area contributed by atoms with Crippen molar-refractivity contribution in [3.05, 3.63) is 59.7 Å². The summed E-state index contributed by atoms with van der Waals surface area (Å²) in [6.45, 7) is 0.701. The summed E-state index contributed by atoms with van der Waals surface area (Å²) >= 11 is 0. The Hall–Kier alpha value is -3.35. The molecule has 184 valence electrons. The summed E-state index contributed by atoms with van der Waals surface area (Å²) in [5.74, 6) is -0.834. The predicted octanol–water partition coefficient (Wildman–Crippen LogP) is 4.31. The molecule has 2 bridgehead atoms. The van der Waals surface area contributed by atoms with Crippen molar-refractivity contribution in [2.75, 3.05) is 13.2 Å².